The van der Waals surface area contributed by atoms with Gasteiger partial charge in [0.2, 0.25) is 5.91 Å². The second kappa shape index (κ2) is 8.78. The highest BCUT2D eigenvalue weighted by molar-refractivity contribution is 6.11. The Morgan fingerprint density at radius 3 is 2.42 bits per heavy atom. The first-order valence-electron chi connectivity index (χ1n) is 10.7. The summed E-state index contributed by atoms with van der Waals surface area (Å²) in [6.07, 6.45) is 0. The number of anilines is 3. The van der Waals surface area contributed by atoms with E-state index in [0.29, 0.717) is 45.3 Å². The van der Waals surface area contributed by atoms with Gasteiger partial charge in [0.15, 0.2) is 5.75 Å². The lowest BCUT2D eigenvalue weighted by molar-refractivity contribution is -0.114. The van der Waals surface area contributed by atoms with Crippen molar-refractivity contribution in [2.75, 3.05) is 15.5 Å². The maximum Gasteiger partial charge on any atom is 0.262 e. The minimum absolute atomic E-state index is 0.0920. The Morgan fingerprint density at radius 2 is 1.70 bits per heavy atom. The number of benzene rings is 3. The van der Waals surface area contributed by atoms with Crippen LogP contribution in [0.5, 0.6) is 11.5 Å². The van der Waals surface area contributed by atoms with E-state index in [9.17, 15) is 14.4 Å². The van der Waals surface area contributed by atoms with Gasteiger partial charge in [-0.1, -0.05) is 18.2 Å². The fourth-order valence-electron chi connectivity index (χ4n) is 3.88. The van der Waals surface area contributed by atoms with Gasteiger partial charge in [0.05, 0.1) is 11.3 Å². The van der Waals surface area contributed by atoms with Crippen molar-refractivity contribution in [3.63, 3.8) is 0 Å². The van der Waals surface area contributed by atoms with Crippen molar-refractivity contribution in [3.8, 4) is 11.5 Å². The highest BCUT2D eigenvalue weighted by Gasteiger charge is 2.30. The van der Waals surface area contributed by atoms with E-state index < -0.39 is 0 Å². The van der Waals surface area contributed by atoms with Crippen molar-refractivity contribution < 1.29 is 19.1 Å². The zero-order valence-corrected chi connectivity index (χ0v) is 18.9. The lowest BCUT2D eigenvalue weighted by atomic mass is 10.1. The molecule has 4 rings (SSSR count). The van der Waals surface area contributed by atoms with Gasteiger partial charge in [-0.25, -0.2) is 0 Å². The largest absolute Gasteiger partial charge is 0.454 e. The van der Waals surface area contributed by atoms with Crippen molar-refractivity contribution in [2.24, 2.45) is 0 Å². The Morgan fingerprint density at radius 1 is 0.939 bits per heavy atom. The Labute approximate surface area is 192 Å². The van der Waals surface area contributed by atoms with Crippen LogP contribution in [0, 0.1) is 6.92 Å². The van der Waals surface area contributed by atoms with Gasteiger partial charge in [-0.3, -0.25) is 14.4 Å². The van der Waals surface area contributed by atoms with Crippen LogP contribution in [0.1, 0.15) is 47.1 Å². The Kier molecular flexibility index (Phi) is 5.87. The molecule has 3 aromatic rings. The predicted octanol–water partition coefficient (Wildman–Crippen LogP) is 5.37. The number of rotatable bonds is 4. The number of carbonyl (C=O) groups is 3. The van der Waals surface area contributed by atoms with Crippen LogP contribution in [-0.2, 0) is 4.79 Å². The summed E-state index contributed by atoms with van der Waals surface area (Å²) in [6, 6.07) is 17.4. The normalized spacial score (nSPS) is 12.4. The molecule has 0 aliphatic carbocycles. The van der Waals surface area contributed by atoms with Gasteiger partial charge >= 0.3 is 0 Å². The van der Waals surface area contributed by atoms with Crippen LogP contribution in [0.2, 0.25) is 0 Å². The lowest BCUT2D eigenvalue weighted by Gasteiger charge is -2.26. The van der Waals surface area contributed by atoms with Crippen molar-refractivity contribution in [3.05, 3.63) is 77.4 Å². The molecule has 7 heteroatoms. The summed E-state index contributed by atoms with van der Waals surface area (Å²) in [4.78, 5) is 39.3. The maximum absolute atomic E-state index is 13.2. The van der Waals surface area contributed by atoms with E-state index in [2.05, 4.69) is 10.6 Å². The molecule has 0 unspecified atom stereocenters. The third kappa shape index (κ3) is 4.30. The smallest absolute Gasteiger partial charge is 0.262 e. The maximum atomic E-state index is 13.2. The molecule has 7 nitrogen and oxygen atoms in total. The van der Waals surface area contributed by atoms with E-state index in [1.807, 2.05) is 19.9 Å². The van der Waals surface area contributed by atoms with Crippen LogP contribution in [0.15, 0.2) is 60.7 Å². The molecule has 0 radical (unpaired) electrons. The average Bonchev–Trinajstić information content (AvgIpc) is 2.88. The molecule has 33 heavy (non-hydrogen) atoms. The monoisotopic (exact) mass is 443 g/mol. The molecule has 0 saturated heterocycles. The van der Waals surface area contributed by atoms with E-state index in [-0.39, 0.29) is 23.8 Å². The van der Waals surface area contributed by atoms with E-state index >= 15 is 0 Å². The average molecular weight is 444 g/mol. The van der Waals surface area contributed by atoms with E-state index in [4.69, 9.17) is 4.74 Å². The van der Waals surface area contributed by atoms with Crippen LogP contribution in [0.4, 0.5) is 17.1 Å². The third-order valence-corrected chi connectivity index (χ3v) is 5.44. The van der Waals surface area contributed by atoms with Gasteiger partial charge in [0.1, 0.15) is 5.75 Å². The molecule has 0 spiro atoms. The van der Waals surface area contributed by atoms with Crippen LogP contribution in [0.25, 0.3) is 0 Å². The fraction of sp³-hybridized carbons (Fsp3) is 0.192. The van der Waals surface area contributed by atoms with Crippen LogP contribution in [-0.4, -0.2) is 23.8 Å². The van der Waals surface area contributed by atoms with Gasteiger partial charge in [0.25, 0.3) is 11.8 Å². The zero-order chi connectivity index (χ0) is 23.7. The summed E-state index contributed by atoms with van der Waals surface area (Å²) in [7, 11) is 0. The van der Waals surface area contributed by atoms with Crippen LogP contribution < -0.4 is 20.3 Å². The number of para-hydroxylation sites is 1. The lowest BCUT2D eigenvalue weighted by Crippen LogP contribution is -2.36. The van der Waals surface area contributed by atoms with Crippen molar-refractivity contribution in [1.29, 1.82) is 0 Å². The second-order valence-corrected chi connectivity index (χ2v) is 8.16. The molecule has 3 amide bonds. The van der Waals surface area contributed by atoms with Gasteiger partial charge < -0.3 is 20.3 Å². The van der Waals surface area contributed by atoms with Crippen molar-refractivity contribution in [1.82, 2.24) is 0 Å². The summed E-state index contributed by atoms with van der Waals surface area (Å²) >= 11 is 0. The van der Waals surface area contributed by atoms with E-state index in [1.165, 1.54) is 6.92 Å². The second-order valence-electron chi connectivity index (χ2n) is 8.16. The molecule has 1 aliphatic heterocycles. The number of ether oxygens (including phenoxy) is 1. The summed E-state index contributed by atoms with van der Waals surface area (Å²) in [6.45, 7) is 7.08. The van der Waals surface area contributed by atoms with Crippen LogP contribution in [0.3, 0.4) is 0 Å². The molecule has 168 valence electrons. The van der Waals surface area contributed by atoms with Gasteiger partial charge in [-0.15, -0.1) is 0 Å². The van der Waals surface area contributed by atoms with E-state index in [0.717, 1.165) is 0 Å². The van der Waals surface area contributed by atoms with Gasteiger partial charge in [-0.2, -0.15) is 0 Å². The predicted molar refractivity (Wildman–Crippen MR) is 128 cm³/mol. The molecule has 2 N–H and O–H groups in total. The highest BCUT2D eigenvalue weighted by atomic mass is 16.5. The molecular weight excluding hydrogens is 418 g/mol. The Balaban J connectivity index is 1.68. The summed E-state index contributed by atoms with van der Waals surface area (Å²) < 4.78 is 6.11. The van der Waals surface area contributed by atoms with Crippen molar-refractivity contribution in [2.45, 2.75) is 33.7 Å². The fourth-order valence-corrected chi connectivity index (χ4v) is 3.88. The molecule has 0 fully saturated rings. The minimum atomic E-state index is -0.314. The minimum Gasteiger partial charge on any atom is -0.454 e. The standard InChI is InChI=1S/C26H25N3O4/c1-15(2)29-22-13-12-18(14-24(22)33-23-11-6-5-8-20(23)26(29)32)28-25(31)19-9-7-10-21(16(19)3)27-17(4)30/h5-15H,1-4H3,(H,27,30)(H,28,31). The number of nitrogens with one attached hydrogen (secondary N) is 2. The molecule has 1 aliphatic rings. The number of amides is 3. The first kappa shape index (κ1) is 22.1. The number of fused-ring (bicyclic) bond motifs is 2. The first-order chi connectivity index (χ1) is 15.8. The Hall–Kier alpha value is -4.13. The highest BCUT2D eigenvalue weighted by Crippen LogP contribution is 2.41. The molecule has 0 bridgehead atoms. The molecule has 0 saturated carbocycles. The third-order valence-electron chi connectivity index (χ3n) is 5.44. The van der Waals surface area contributed by atoms with E-state index in [1.54, 1.807) is 66.4 Å². The Bertz CT molecular complexity index is 1270. The summed E-state index contributed by atoms with van der Waals surface area (Å²) in [5.74, 6) is 0.285. The molecule has 0 atom stereocenters. The number of hydrogen-bond donors (Lipinski definition) is 2. The quantitative estimate of drug-likeness (QED) is 0.568. The van der Waals surface area contributed by atoms with Gasteiger partial charge in [-0.05, 0) is 62.7 Å². The van der Waals surface area contributed by atoms with Crippen molar-refractivity contribution >= 4 is 34.8 Å². The molecule has 0 aromatic heterocycles. The van der Waals surface area contributed by atoms with Gasteiger partial charge in [0, 0.05) is 36.0 Å². The molecule has 1 heterocycles. The number of hydrogen-bond acceptors (Lipinski definition) is 4. The van der Waals surface area contributed by atoms with Crippen LogP contribution >= 0.6 is 0 Å². The summed E-state index contributed by atoms with van der Waals surface area (Å²) in [5, 5.41) is 5.63. The number of carbonyl (C=O) groups excluding carboxylic acids is 3. The SMILES string of the molecule is CC(=O)Nc1cccc(C(=O)Nc2ccc3c(c2)Oc2ccccc2C(=O)N3C(C)C)c1C. The zero-order valence-electron chi connectivity index (χ0n) is 18.9. The molecular formula is C26H25N3O4. The topological polar surface area (TPSA) is 87.7 Å². The molecule has 3 aromatic carbocycles. The first-order valence-corrected chi connectivity index (χ1v) is 10.7. The summed E-state index contributed by atoms with van der Waals surface area (Å²) in [5.41, 5.74) is 3.34. The number of nitrogens with zero attached hydrogens (tertiary/aromatic N) is 1.